The molecule has 2 fully saturated rings. The monoisotopic (exact) mass is 723 g/mol. The van der Waals surface area contributed by atoms with Gasteiger partial charge in [-0.05, 0) is 121 Å². The van der Waals surface area contributed by atoms with E-state index in [1.54, 1.807) is 19.1 Å². The molecule has 296 valence electrons. The maximum Gasteiger partial charge on any atom is 0.222 e. The summed E-state index contributed by atoms with van der Waals surface area (Å²) in [6, 6.07) is 0. The summed E-state index contributed by atoms with van der Waals surface area (Å²) in [5.41, 5.74) is 6.71. The molecule has 1 spiro atoms. The minimum atomic E-state index is -0.928. The minimum Gasteiger partial charge on any atom is -0.392 e. The molecule has 0 aromatic rings. The lowest BCUT2D eigenvalue weighted by Gasteiger charge is -2.48. The van der Waals surface area contributed by atoms with Crippen LogP contribution in [0.1, 0.15) is 120 Å². The van der Waals surface area contributed by atoms with E-state index in [-0.39, 0.29) is 42.3 Å². The largest absolute Gasteiger partial charge is 0.392 e. The van der Waals surface area contributed by atoms with Crippen LogP contribution in [0.2, 0.25) is 0 Å². The van der Waals surface area contributed by atoms with Crippen LogP contribution >= 0.6 is 0 Å². The molecule has 0 aromatic carbocycles. The highest BCUT2D eigenvalue weighted by Crippen LogP contribution is 2.41. The molecule has 7 N–H and O–H groups in total. The number of carbonyl (C=O) groups excluding carboxylic acids is 2. The second kappa shape index (κ2) is 25.2. The third-order valence-electron chi connectivity index (χ3n) is 10.6. The van der Waals surface area contributed by atoms with Crippen molar-refractivity contribution in [1.29, 1.82) is 0 Å². The van der Waals surface area contributed by atoms with Crippen molar-refractivity contribution in [2.75, 3.05) is 26.3 Å². The zero-order chi connectivity index (χ0) is 38.6. The molecule has 10 heteroatoms. The first kappa shape index (κ1) is 47.1. The van der Waals surface area contributed by atoms with Gasteiger partial charge in [0.05, 0.1) is 49.1 Å². The molecule has 1 amide bonds. The molecule has 2 aliphatic heterocycles. The normalized spacial score (nSPS) is 26.9. The Balaban J connectivity index is 0.000000511. The van der Waals surface area contributed by atoms with E-state index in [0.29, 0.717) is 36.7 Å². The summed E-state index contributed by atoms with van der Waals surface area (Å²) >= 11 is 0. The lowest BCUT2D eigenvalue weighted by molar-refractivity contribution is -0.211. The zero-order valence-corrected chi connectivity index (χ0v) is 33.1. The van der Waals surface area contributed by atoms with Gasteiger partial charge in [-0.3, -0.25) is 9.59 Å². The number of rotatable bonds is 20. The molecular formula is C41H74N2O8. The van der Waals surface area contributed by atoms with Gasteiger partial charge >= 0.3 is 0 Å². The number of carbonyl (C=O) groups is 2. The van der Waals surface area contributed by atoms with Gasteiger partial charge in [0.1, 0.15) is 5.78 Å². The summed E-state index contributed by atoms with van der Waals surface area (Å²) in [4.78, 5) is 23.0. The molecule has 0 radical (unpaired) electrons. The van der Waals surface area contributed by atoms with Crippen molar-refractivity contribution in [3.63, 3.8) is 0 Å². The summed E-state index contributed by atoms with van der Waals surface area (Å²) in [5, 5.41) is 41.6. The molecule has 2 aliphatic rings. The average molecular weight is 723 g/mol. The third-order valence-corrected chi connectivity index (χ3v) is 10.6. The highest BCUT2D eigenvalue weighted by molar-refractivity contribution is 5.79. The smallest absolute Gasteiger partial charge is 0.222 e. The summed E-state index contributed by atoms with van der Waals surface area (Å²) in [6.45, 7) is 17.4. The van der Waals surface area contributed by atoms with Crippen LogP contribution in [0.4, 0.5) is 0 Å². The fraction of sp³-hybridized carbons (Fsp3) is 0.805. The number of hydrogen-bond donors (Lipinski definition) is 6. The fourth-order valence-electron chi connectivity index (χ4n) is 6.64. The maximum atomic E-state index is 11.8. The number of allylic oxidation sites excluding steroid dienone is 3. The van der Waals surface area contributed by atoms with Gasteiger partial charge in [0.2, 0.25) is 5.91 Å². The Labute approximate surface area is 309 Å². The van der Waals surface area contributed by atoms with Crippen molar-refractivity contribution in [2.24, 2.45) is 35.3 Å². The van der Waals surface area contributed by atoms with Crippen LogP contribution in [0, 0.1) is 29.6 Å². The quantitative estimate of drug-likeness (QED) is 0.0900. The van der Waals surface area contributed by atoms with Gasteiger partial charge in [-0.1, -0.05) is 58.1 Å². The van der Waals surface area contributed by atoms with Crippen LogP contribution in [0.15, 0.2) is 36.0 Å². The Morgan fingerprint density at radius 2 is 1.71 bits per heavy atom. The van der Waals surface area contributed by atoms with Gasteiger partial charge < -0.3 is 41.0 Å². The van der Waals surface area contributed by atoms with Crippen LogP contribution in [-0.2, 0) is 19.1 Å². The topological polar surface area (TPSA) is 172 Å². The third kappa shape index (κ3) is 19.1. The number of hydrogen-bond acceptors (Lipinski definition) is 9. The highest BCUT2D eigenvalue weighted by Gasteiger charge is 2.44. The molecule has 11 unspecified atom stereocenters. The second-order valence-electron chi connectivity index (χ2n) is 15.6. The van der Waals surface area contributed by atoms with Crippen molar-refractivity contribution in [1.82, 2.24) is 5.32 Å². The standard InChI is InChI=1S/C22H41NO3.C19H33NO5/c1-16(12-18(3)19(4)24)7-8-20-13-22(15-25-14-20)10-9-17(2)21(26-22)6-5-11-23;1-5-8-16(22)10-7-6-9-13(2)17(23)11-19(25)20-12-18(24)14(3)15(4)21/h12,16-17,19-21,24H,5-11,13-15,23H2,1-4H3;5-8,13-14,16-18,22-24H,9-12H2,1-4H3,(H,20,25)/b18-12+;7-6+,8-5+. The van der Waals surface area contributed by atoms with Crippen LogP contribution < -0.4 is 11.1 Å². The molecule has 2 rings (SSSR count). The fourth-order valence-corrected chi connectivity index (χ4v) is 6.64. The summed E-state index contributed by atoms with van der Waals surface area (Å²) < 4.78 is 12.6. The van der Waals surface area contributed by atoms with Crippen LogP contribution in [-0.4, -0.2) is 94.5 Å². The Morgan fingerprint density at radius 1 is 1.02 bits per heavy atom. The number of aliphatic hydroxyl groups excluding tert-OH is 4. The summed E-state index contributed by atoms with van der Waals surface area (Å²) in [5.74, 6) is 0.556. The molecule has 0 aromatic heterocycles. The first-order valence-electron chi connectivity index (χ1n) is 19.4. The molecule has 10 nitrogen and oxygen atoms in total. The number of aliphatic hydroxyl groups is 4. The molecule has 0 bridgehead atoms. The van der Waals surface area contributed by atoms with Crippen molar-refractivity contribution in [2.45, 2.75) is 156 Å². The van der Waals surface area contributed by atoms with E-state index >= 15 is 0 Å². The molecule has 0 saturated carbocycles. The van der Waals surface area contributed by atoms with Crippen molar-refractivity contribution in [3.8, 4) is 0 Å². The molecule has 11 atom stereocenters. The Kier molecular flexibility index (Phi) is 23.2. The minimum absolute atomic E-state index is 0.0105. The van der Waals surface area contributed by atoms with Gasteiger partial charge in [-0.15, -0.1) is 0 Å². The van der Waals surface area contributed by atoms with E-state index in [2.05, 4.69) is 25.2 Å². The van der Waals surface area contributed by atoms with E-state index in [4.69, 9.17) is 15.2 Å². The maximum absolute atomic E-state index is 11.8. The number of nitrogens with two attached hydrogens (primary N) is 1. The van der Waals surface area contributed by atoms with Crippen molar-refractivity contribution < 1.29 is 39.5 Å². The number of Topliss-reactive ketones (excluding diaryl/α,β-unsaturated/α-hetero) is 1. The van der Waals surface area contributed by atoms with Gasteiger partial charge in [0.25, 0.3) is 0 Å². The van der Waals surface area contributed by atoms with Crippen molar-refractivity contribution in [3.05, 3.63) is 36.0 Å². The van der Waals surface area contributed by atoms with Gasteiger partial charge in [-0.2, -0.15) is 0 Å². The second-order valence-corrected chi connectivity index (χ2v) is 15.6. The SMILES string of the molecule is C/C(=C\C(C)CCC1COCC2(CCC(C)C(CCCN)O2)C1)C(C)O.C/C=C/C(O)C/C=C/CC(C)C(O)CC(=O)NCC(O)C(C)C(C)=O. The Bertz CT molecular complexity index is 1080. The summed E-state index contributed by atoms with van der Waals surface area (Å²) in [6.07, 6.45) is 16.2. The highest BCUT2D eigenvalue weighted by atomic mass is 16.6. The number of ketones is 1. The average Bonchev–Trinajstić information content (AvgIpc) is 3.08. The lowest BCUT2D eigenvalue weighted by atomic mass is 9.77. The van der Waals surface area contributed by atoms with Crippen molar-refractivity contribution >= 4 is 11.7 Å². The van der Waals surface area contributed by atoms with E-state index in [1.165, 1.54) is 19.8 Å². The Hall–Kier alpha value is -1.92. The lowest BCUT2D eigenvalue weighted by Crippen LogP contribution is -2.51. The van der Waals surface area contributed by atoms with E-state index in [9.17, 15) is 30.0 Å². The van der Waals surface area contributed by atoms with E-state index < -0.39 is 24.2 Å². The van der Waals surface area contributed by atoms with E-state index in [1.807, 2.05) is 39.8 Å². The molecule has 0 aliphatic carbocycles. The predicted octanol–water partition coefficient (Wildman–Crippen LogP) is 5.41. The van der Waals surface area contributed by atoms with Gasteiger partial charge in [-0.25, -0.2) is 0 Å². The molecule has 51 heavy (non-hydrogen) atoms. The molecule has 2 heterocycles. The van der Waals surface area contributed by atoms with Gasteiger partial charge in [0.15, 0.2) is 0 Å². The number of nitrogens with one attached hydrogen (secondary N) is 1. The predicted molar refractivity (Wildman–Crippen MR) is 205 cm³/mol. The molecular weight excluding hydrogens is 648 g/mol. The number of amides is 1. The first-order chi connectivity index (χ1) is 24.0. The number of ether oxygens (including phenoxy) is 2. The first-order valence-corrected chi connectivity index (χ1v) is 19.4. The summed E-state index contributed by atoms with van der Waals surface area (Å²) in [7, 11) is 0. The zero-order valence-electron chi connectivity index (χ0n) is 33.1. The van der Waals surface area contributed by atoms with Gasteiger partial charge in [0, 0.05) is 19.1 Å². The Morgan fingerprint density at radius 3 is 2.33 bits per heavy atom. The van der Waals surface area contributed by atoms with Crippen LogP contribution in [0.25, 0.3) is 0 Å². The van der Waals surface area contributed by atoms with E-state index in [0.717, 1.165) is 57.4 Å². The van der Waals surface area contributed by atoms with Crippen LogP contribution in [0.5, 0.6) is 0 Å². The van der Waals surface area contributed by atoms with Crippen LogP contribution in [0.3, 0.4) is 0 Å². The molecule has 2 saturated heterocycles.